The molecule has 4 nitrogen and oxygen atoms in total. The van der Waals surface area contributed by atoms with E-state index < -0.39 is 0 Å². The first kappa shape index (κ1) is 13.3. The molecule has 1 unspecified atom stereocenters. The molecule has 0 radical (unpaired) electrons. The summed E-state index contributed by atoms with van der Waals surface area (Å²) in [4.78, 5) is 11.5. The number of anilines is 1. The molecule has 0 bridgehead atoms. The van der Waals surface area contributed by atoms with Crippen molar-refractivity contribution in [3.05, 3.63) is 17.5 Å². The predicted octanol–water partition coefficient (Wildman–Crippen LogP) is 2.27. The fourth-order valence-corrected chi connectivity index (χ4v) is 2.42. The molecule has 1 atom stereocenters. The summed E-state index contributed by atoms with van der Waals surface area (Å²) in [6.45, 7) is 9.51. The Bertz CT molecular complexity index is 391. The number of aromatic nitrogens is 2. The van der Waals surface area contributed by atoms with Crippen molar-refractivity contribution in [2.45, 2.75) is 52.6 Å². The van der Waals surface area contributed by atoms with Crippen LogP contribution >= 0.6 is 0 Å². The maximum atomic E-state index is 4.66. The quantitative estimate of drug-likeness (QED) is 0.812. The number of nitrogens with zero attached hydrogens (tertiary/aromatic N) is 3. The van der Waals surface area contributed by atoms with Crippen LogP contribution in [0.15, 0.2) is 6.20 Å². The molecule has 1 N–H and O–H groups in total. The fraction of sp³-hybridized carbons (Fsp3) is 0.714. The molecule has 0 aliphatic carbocycles. The van der Waals surface area contributed by atoms with E-state index in [0.29, 0.717) is 6.04 Å². The third-order valence-electron chi connectivity index (χ3n) is 3.62. The Morgan fingerprint density at radius 3 is 2.94 bits per heavy atom. The molecule has 1 aliphatic rings. The molecule has 4 heteroatoms. The third-order valence-corrected chi connectivity index (χ3v) is 3.62. The summed E-state index contributed by atoms with van der Waals surface area (Å²) < 4.78 is 0. The van der Waals surface area contributed by atoms with Gasteiger partial charge in [0.15, 0.2) is 0 Å². The highest BCUT2D eigenvalue weighted by atomic mass is 15.3. The van der Waals surface area contributed by atoms with E-state index in [1.807, 2.05) is 6.20 Å². The normalized spacial score (nSPS) is 19.5. The van der Waals surface area contributed by atoms with Crippen molar-refractivity contribution in [2.24, 2.45) is 0 Å². The zero-order chi connectivity index (χ0) is 13.0. The van der Waals surface area contributed by atoms with Crippen molar-refractivity contribution in [1.82, 2.24) is 15.3 Å². The van der Waals surface area contributed by atoms with E-state index in [-0.39, 0.29) is 0 Å². The van der Waals surface area contributed by atoms with Crippen LogP contribution in [0.2, 0.25) is 0 Å². The van der Waals surface area contributed by atoms with Crippen LogP contribution in [-0.2, 0) is 6.54 Å². The Labute approximate surface area is 110 Å². The maximum Gasteiger partial charge on any atom is 0.225 e. The highest BCUT2D eigenvalue weighted by molar-refractivity contribution is 5.35. The first-order valence-corrected chi connectivity index (χ1v) is 7.02. The van der Waals surface area contributed by atoms with Gasteiger partial charge >= 0.3 is 0 Å². The van der Waals surface area contributed by atoms with Gasteiger partial charge in [-0.1, -0.05) is 6.92 Å². The molecular weight excluding hydrogens is 224 g/mol. The zero-order valence-electron chi connectivity index (χ0n) is 11.7. The van der Waals surface area contributed by atoms with Crippen molar-refractivity contribution in [3.63, 3.8) is 0 Å². The lowest BCUT2D eigenvalue weighted by molar-refractivity contribution is 0.665. The van der Waals surface area contributed by atoms with Crippen molar-refractivity contribution in [2.75, 3.05) is 18.0 Å². The average Bonchev–Trinajstić information content (AvgIpc) is 2.78. The second-order valence-electron chi connectivity index (χ2n) is 5.14. The lowest BCUT2D eigenvalue weighted by Crippen LogP contribution is -2.28. The summed E-state index contributed by atoms with van der Waals surface area (Å²) in [6.07, 6.45) is 5.64. The predicted molar refractivity (Wildman–Crippen MR) is 74.8 cm³/mol. The summed E-state index contributed by atoms with van der Waals surface area (Å²) in [5.74, 6) is 0.900. The summed E-state index contributed by atoms with van der Waals surface area (Å²) in [5, 5.41) is 3.40. The van der Waals surface area contributed by atoms with Gasteiger partial charge in [0.1, 0.15) is 0 Å². The second-order valence-corrected chi connectivity index (χ2v) is 5.14. The van der Waals surface area contributed by atoms with E-state index >= 15 is 0 Å². The van der Waals surface area contributed by atoms with Crippen molar-refractivity contribution < 1.29 is 0 Å². The third kappa shape index (κ3) is 2.99. The zero-order valence-corrected chi connectivity index (χ0v) is 11.7. The molecule has 0 saturated carbocycles. The van der Waals surface area contributed by atoms with Gasteiger partial charge in [0.05, 0.1) is 0 Å². The molecule has 0 amide bonds. The van der Waals surface area contributed by atoms with Gasteiger partial charge in [-0.05, 0) is 39.7 Å². The number of hydrogen-bond acceptors (Lipinski definition) is 4. The SMILES string of the molecule is CCCNCc1cnc(N2CCCC2C)nc1C. The highest BCUT2D eigenvalue weighted by Gasteiger charge is 2.22. The maximum absolute atomic E-state index is 4.66. The molecule has 0 spiro atoms. The minimum absolute atomic E-state index is 0.577. The van der Waals surface area contributed by atoms with E-state index in [2.05, 4.69) is 41.0 Å². The summed E-state index contributed by atoms with van der Waals surface area (Å²) in [7, 11) is 0. The van der Waals surface area contributed by atoms with Gasteiger partial charge in [-0.15, -0.1) is 0 Å². The Balaban J connectivity index is 2.04. The standard InChI is InChI=1S/C14H24N4/c1-4-7-15-9-13-10-16-14(17-12(13)3)18-8-5-6-11(18)2/h10-11,15H,4-9H2,1-3H3. The minimum Gasteiger partial charge on any atom is -0.338 e. The van der Waals surface area contributed by atoms with Crippen LogP contribution in [0.3, 0.4) is 0 Å². The lowest BCUT2D eigenvalue weighted by Gasteiger charge is -2.22. The van der Waals surface area contributed by atoms with Crippen LogP contribution in [0.25, 0.3) is 0 Å². The van der Waals surface area contributed by atoms with Crippen molar-refractivity contribution in [1.29, 1.82) is 0 Å². The fourth-order valence-electron chi connectivity index (χ4n) is 2.42. The van der Waals surface area contributed by atoms with Crippen LogP contribution in [0.4, 0.5) is 5.95 Å². The van der Waals surface area contributed by atoms with Crippen LogP contribution in [0.1, 0.15) is 44.4 Å². The first-order valence-electron chi connectivity index (χ1n) is 7.02. The number of aryl methyl sites for hydroxylation is 1. The molecule has 0 aromatic carbocycles. The molecule has 100 valence electrons. The van der Waals surface area contributed by atoms with Gasteiger partial charge in [0.25, 0.3) is 0 Å². The van der Waals surface area contributed by atoms with Gasteiger partial charge in [-0.2, -0.15) is 0 Å². The Morgan fingerprint density at radius 2 is 2.33 bits per heavy atom. The summed E-state index contributed by atoms with van der Waals surface area (Å²) >= 11 is 0. The van der Waals surface area contributed by atoms with Crippen molar-refractivity contribution >= 4 is 5.95 Å². The Morgan fingerprint density at radius 1 is 1.50 bits per heavy atom. The van der Waals surface area contributed by atoms with Gasteiger partial charge in [0, 0.05) is 36.6 Å². The van der Waals surface area contributed by atoms with E-state index in [0.717, 1.165) is 37.7 Å². The molecule has 1 saturated heterocycles. The summed E-state index contributed by atoms with van der Waals surface area (Å²) in [6, 6.07) is 0.577. The second kappa shape index (κ2) is 6.14. The number of hydrogen-bond donors (Lipinski definition) is 1. The van der Waals surface area contributed by atoms with Crippen LogP contribution in [0.5, 0.6) is 0 Å². The molecule has 1 aliphatic heterocycles. The molecule has 18 heavy (non-hydrogen) atoms. The number of nitrogens with one attached hydrogen (secondary N) is 1. The van der Waals surface area contributed by atoms with Gasteiger partial charge < -0.3 is 10.2 Å². The monoisotopic (exact) mass is 248 g/mol. The first-order chi connectivity index (χ1) is 8.72. The highest BCUT2D eigenvalue weighted by Crippen LogP contribution is 2.22. The van der Waals surface area contributed by atoms with Gasteiger partial charge in [-0.25, -0.2) is 9.97 Å². The van der Waals surface area contributed by atoms with E-state index in [1.165, 1.54) is 18.4 Å². The molecular formula is C14H24N4. The Hall–Kier alpha value is -1.16. The average molecular weight is 248 g/mol. The van der Waals surface area contributed by atoms with Crippen LogP contribution < -0.4 is 10.2 Å². The molecule has 2 rings (SSSR count). The van der Waals surface area contributed by atoms with Crippen LogP contribution in [-0.4, -0.2) is 29.1 Å². The Kier molecular flexibility index (Phi) is 4.53. The molecule has 1 aromatic heterocycles. The van der Waals surface area contributed by atoms with Crippen LogP contribution in [0, 0.1) is 6.92 Å². The largest absolute Gasteiger partial charge is 0.338 e. The smallest absolute Gasteiger partial charge is 0.225 e. The molecule has 1 fully saturated rings. The topological polar surface area (TPSA) is 41.1 Å². The van der Waals surface area contributed by atoms with Crippen molar-refractivity contribution in [3.8, 4) is 0 Å². The van der Waals surface area contributed by atoms with E-state index in [4.69, 9.17) is 0 Å². The molecule has 2 heterocycles. The number of rotatable bonds is 5. The van der Waals surface area contributed by atoms with Gasteiger partial charge in [-0.3, -0.25) is 0 Å². The summed E-state index contributed by atoms with van der Waals surface area (Å²) in [5.41, 5.74) is 2.31. The molecule has 1 aromatic rings. The van der Waals surface area contributed by atoms with Gasteiger partial charge in [0.2, 0.25) is 5.95 Å². The van der Waals surface area contributed by atoms with E-state index in [1.54, 1.807) is 0 Å². The lowest BCUT2D eigenvalue weighted by atomic mass is 10.2. The van der Waals surface area contributed by atoms with E-state index in [9.17, 15) is 0 Å². The minimum atomic E-state index is 0.577.